The van der Waals surface area contributed by atoms with Crippen LogP contribution < -0.4 is 0 Å². The largest absolute Gasteiger partial charge is 0.267 e. The first kappa shape index (κ1) is 12.2. The van der Waals surface area contributed by atoms with Crippen LogP contribution in [0.5, 0.6) is 0 Å². The van der Waals surface area contributed by atoms with E-state index >= 15 is 0 Å². The van der Waals surface area contributed by atoms with Gasteiger partial charge in [0.15, 0.2) is 0 Å². The average Bonchev–Trinajstić information content (AvgIpc) is 2.95. The highest BCUT2D eigenvalue weighted by Gasteiger charge is 2.14. The van der Waals surface area contributed by atoms with Crippen LogP contribution in [0.25, 0.3) is 16.6 Å². The van der Waals surface area contributed by atoms with Crippen molar-refractivity contribution >= 4 is 17.1 Å². The van der Waals surface area contributed by atoms with E-state index in [2.05, 4.69) is 31.0 Å². The summed E-state index contributed by atoms with van der Waals surface area (Å²) in [4.78, 5) is 0. The summed E-state index contributed by atoms with van der Waals surface area (Å²) in [6, 6.07) is 4.01. The van der Waals surface area contributed by atoms with E-state index in [1.807, 2.05) is 35.4 Å². The Labute approximate surface area is 116 Å². The lowest BCUT2D eigenvalue weighted by molar-refractivity contribution is 0.355. The molecule has 3 rings (SSSR count). The van der Waals surface area contributed by atoms with Crippen molar-refractivity contribution in [2.24, 2.45) is 0 Å². The highest BCUT2D eigenvalue weighted by atomic mass is 35.5. The zero-order valence-electron chi connectivity index (χ0n) is 11.1. The van der Waals surface area contributed by atoms with Gasteiger partial charge in [-0.05, 0) is 26.8 Å². The van der Waals surface area contributed by atoms with Gasteiger partial charge in [0, 0.05) is 23.5 Å². The first-order valence-corrected chi connectivity index (χ1v) is 6.51. The van der Waals surface area contributed by atoms with Gasteiger partial charge in [-0.3, -0.25) is 4.68 Å². The van der Waals surface area contributed by atoms with E-state index in [1.165, 1.54) is 0 Å². The minimum Gasteiger partial charge on any atom is -0.267 e. The third-order valence-electron chi connectivity index (χ3n) is 3.07. The lowest BCUT2D eigenvalue weighted by atomic mass is 10.1. The van der Waals surface area contributed by atoms with Gasteiger partial charge in [0.05, 0.1) is 28.5 Å². The van der Waals surface area contributed by atoms with E-state index in [4.69, 9.17) is 11.6 Å². The summed E-state index contributed by atoms with van der Waals surface area (Å²) in [5.41, 5.74) is 3.04. The number of hydrogen-bond acceptors (Lipinski definition) is 2. The van der Waals surface area contributed by atoms with Crippen LogP contribution in [0.15, 0.2) is 36.9 Å². The molecule has 0 fully saturated rings. The fourth-order valence-electron chi connectivity index (χ4n) is 1.96. The van der Waals surface area contributed by atoms with Crippen LogP contribution in [-0.4, -0.2) is 19.4 Å². The normalized spacial score (nSPS) is 12.2. The molecule has 5 heteroatoms. The zero-order chi connectivity index (χ0) is 13.6. The van der Waals surface area contributed by atoms with Gasteiger partial charge >= 0.3 is 0 Å². The molecule has 0 aromatic carbocycles. The van der Waals surface area contributed by atoms with Crippen LogP contribution in [0.4, 0.5) is 0 Å². The lowest BCUT2D eigenvalue weighted by Crippen LogP contribution is -2.21. The molecule has 3 heterocycles. The summed E-state index contributed by atoms with van der Waals surface area (Å²) in [5, 5.41) is 9.29. The Bertz CT molecular complexity index is 733. The van der Waals surface area contributed by atoms with Crippen molar-refractivity contribution in [1.82, 2.24) is 19.4 Å². The molecule has 0 aliphatic rings. The summed E-state index contributed by atoms with van der Waals surface area (Å²) in [7, 11) is 0. The molecule has 0 amide bonds. The van der Waals surface area contributed by atoms with Crippen molar-refractivity contribution in [1.29, 1.82) is 0 Å². The molecule has 0 atom stereocenters. The maximum Gasteiger partial charge on any atom is 0.0864 e. The van der Waals surface area contributed by atoms with Crippen molar-refractivity contribution in [3.8, 4) is 11.1 Å². The van der Waals surface area contributed by atoms with E-state index in [0.29, 0.717) is 5.02 Å². The van der Waals surface area contributed by atoms with Gasteiger partial charge in [-0.15, -0.1) is 0 Å². The zero-order valence-corrected chi connectivity index (χ0v) is 11.9. The van der Waals surface area contributed by atoms with Gasteiger partial charge in [0.1, 0.15) is 0 Å². The van der Waals surface area contributed by atoms with E-state index in [9.17, 15) is 0 Å². The van der Waals surface area contributed by atoms with Crippen LogP contribution in [-0.2, 0) is 5.54 Å². The molecular weight excluding hydrogens is 260 g/mol. The van der Waals surface area contributed by atoms with Gasteiger partial charge in [0.2, 0.25) is 0 Å². The van der Waals surface area contributed by atoms with Gasteiger partial charge in [-0.1, -0.05) is 17.7 Å². The molecular formula is C14H15ClN4. The summed E-state index contributed by atoms with van der Waals surface area (Å²) >= 11 is 6.04. The van der Waals surface area contributed by atoms with Crippen molar-refractivity contribution in [3.05, 3.63) is 41.9 Å². The van der Waals surface area contributed by atoms with Gasteiger partial charge < -0.3 is 0 Å². The van der Waals surface area contributed by atoms with Crippen LogP contribution in [0.3, 0.4) is 0 Å². The molecule has 0 saturated heterocycles. The fraction of sp³-hybridized carbons (Fsp3) is 0.286. The Hall–Kier alpha value is -1.81. The maximum atomic E-state index is 6.04. The molecule has 0 saturated carbocycles. The number of hydrogen-bond donors (Lipinski definition) is 0. The molecule has 0 unspecified atom stereocenters. The Morgan fingerprint density at radius 2 is 1.79 bits per heavy atom. The second-order valence-electron chi connectivity index (χ2n) is 5.58. The Morgan fingerprint density at radius 1 is 1.00 bits per heavy atom. The number of rotatable bonds is 1. The summed E-state index contributed by atoms with van der Waals surface area (Å²) in [6.45, 7) is 6.38. The highest BCUT2D eigenvalue weighted by Crippen LogP contribution is 2.24. The van der Waals surface area contributed by atoms with Crippen LogP contribution in [0.1, 0.15) is 20.8 Å². The van der Waals surface area contributed by atoms with Crippen LogP contribution in [0, 0.1) is 0 Å². The number of aromatic nitrogens is 4. The maximum absolute atomic E-state index is 6.04. The third kappa shape index (κ3) is 2.12. The second kappa shape index (κ2) is 4.10. The molecule has 19 heavy (non-hydrogen) atoms. The Morgan fingerprint density at radius 3 is 2.47 bits per heavy atom. The highest BCUT2D eigenvalue weighted by molar-refractivity contribution is 6.33. The van der Waals surface area contributed by atoms with Crippen molar-refractivity contribution in [2.45, 2.75) is 26.3 Å². The SMILES string of the molecule is CC(C)(C)n1cc(-c2ccc3c(Cl)cnn3c2)cn1. The molecule has 3 aromatic heterocycles. The molecule has 3 aromatic rings. The van der Waals surface area contributed by atoms with Crippen LogP contribution in [0.2, 0.25) is 5.02 Å². The quantitative estimate of drug-likeness (QED) is 0.679. The smallest absolute Gasteiger partial charge is 0.0864 e. The molecule has 0 radical (unpaired) electrons. The Kier molecular flexibility index (Phi) is 2.64. The minimum absolute atomic E-state index is 0.0165. The molecule has 0 bridgehead atoms. The number of nitrogens with zero attached hydrogens (tertiary/aromatic N) is 4. The number of halogens is 1. The molecule has 0 N–H and O–H groups in total. The summed E-state index contributed by atoms with van der Waals surface area (Å²) in [6.07, 6.45) is 7.54. The standard InChI is InChI=1S/C14H15ClN4/c1-14(2,3)19-9-11(6-17-19)10-4-5-13-12(15)7-16-18(13)8-10/h4-9H,1-3H3. The lowest BCUT2D eigenvalue weighted by Gasteiger charge is -2.18. The van der Waals surface area contributed by atoms with Crippen molar-refractivity contribution < 1.29 is 0 Å². The predicted molar refractivity (Wildman–Crippen MR) is 76.4 cm³/mol. The monoisotopic (exact) mass is 274 g/mol. The minimum atomic E-state index is -0.0165. The Balaban J connectivity index is 2.06. The molecule has 0 spiro atoms. The fourth-order valence-corrected chi connectivity index (χ4v) is 2.16. The van der Waals surface area contributed by atoms with E-state index < -0.39 is 0 Å². The predicted octanol–water partition coefficient (Wildman–Crippen LogP) is 3.61. The average molecular weight is 275 g/mol. The van der Waals surface area contributed by atoms with Gasteiger partial charge in [0.25, 0.3) is 0 Å². The van der Waals surface area contributed by atoms with Crippen molar-refractivity contribution in [3.63, 3.8) is 0 Å². The summed E-state index contributed by atoms with van der Waals surface area (Å²) in [5.74, 6) is 0. The number of pyridine rings is 1. The topological polar surface area (TPSA) is 35.1 Å². The molecule has 0 aliphatic heterocycles. The summed E-state index contributed by atoms with van der Waals surface area (Å²) < 4.78 is 3.74. The first-order valence-electron chi connectivity index (χ1n) is 6.13. The van der Waals surface area contributed by atoms with Gasteiger partial charge in [-0.2, -0.15) is 10.2 Å². The first-order chi connectivity index (χ1) is 8.95. The third-order valence-corrected chi connectivity index (χ3v) is 3.36. The van der Waals surface area contributed by atoms with E-state index in [1.54, 1.807) is 10.7 Å². The van der Waals surface area contributed by atoms with Crippen LogP contribution >= 0.6 is 11.6 Å². The molecule has 0 aliphatic carbocycles. The van der Waals surface area contributed by atoms with E-state index in [0.717, 1.165) is 16.6 Å². The number of fused-ring (bicyclic) bond motifs is 1. The van der Waals surface area contributed by atoms with Crippen molar-refractivity contribution in [2.75, 3.05) is 0 Å². The second-order valence-corrected chi connectivity index (χ2v) is 5.99. The molecule has 4 nitrogen and oxygen atoms in total. The van der Waals surface area contributed by atoms with Gasteiger partial charge in [-0.25, -0.2) is 4.52 Å². The molecule has 98 valence electrons. The van der Waals surface area contributed by atoms with E-state index in [-0.39, 0.29) is 5.54 Å².